The molecule has 0 spiro atoms. The van der Waals surface area contributed by atoms with Crippen LogP contribution in [-0.4, -0.2) is 33.6 Å². The minimum atomic E-state index is -0.868. The molecule has 0 saturated heterocycles. The predicted octanol–water partition coefficient (Wildman–Crippen LogP) is -0.335. The SMILES string of the molecule is C=C[C@@H](O)C[C@H](O)[C@@H](C)O. The maximum atomic E-state index is 8.97. The van der Waals surface area contributed by atoms with E-state index < -0.39 is 18.3 Å². The average Bonchev–Trinajstić information content (AvgIpc) is 1.87. The largest absolute Gasteiger partial charge is 0.391 e. The fourth-order valence-corrected chi connectivity index (χ4v) is 0.541. The molecule has 0 heterocycles. The number of hydrogen-bond acceptors (Lipinski definition) is 3. The molecule has 0 amide bonds. The summed E-state index contributed by atoms with van der Waals surface area (Å²) in [7, 11) is 0. The van der Waals surface area contributed by atoms with Gasteiger partial charge in [-0.2, -0.15) is 0 Å². The van der Waals surface area contributed by atoms with E-state index in [4.69, 9.17) is 15.3 Å². The van der Waals surface area contributed by atoms with Crippen LogP contribution in [0.15, 0.2) is 12.7 Å². The summed E-state index contributed by atoms with van der Waals surface area (Å²) in [5, 5.41) is 26.6. The molecule has 0 radical (unpaired) electrons. The second-order valence-corrected chi connectivity index (χ2v) is 2.35. The lowest BCUT2D eigenvalue weighted by Gasteiger charge is -2.14. The van der Waals surface area contributed by atoms with Gasteiger partial charge in [-0.1, -0.05) is 6.08 Å². The standard InChI is InChI=1S/C7H14O3/c1-3-6(9)4-7(10)5(2)8/h3,5-10H,1,4H2,2H3/t5-,6-,7+/m1/s1. The second-order valence-electron chi connectivity index (χ2n) is 2.35. The number of hydrogen-bond donors (Lipinski definition) is 3. The Labute approximate surface area is 60.6 Å². The quantitative estimate of drug-likeness (QED) is 0.476. The Morgan fingerprint density at radius 3 is 2.20 bits per heavy atom. The summed E-state index contributed by atoms with van der Waals surface area (Å²) in [5.41, 5.74) is 0. The lowest BCUT2D eigenvalue weighted by Crippen LogP contribution is -2.26. The molecule has 60 valence electrons. The monoisotopic (exact) mass is 146 g/mol. The van der Waals surface area contributed by atoms with Crippen LogP contribution in [0.4, 0.5) is 0 Å². The Morgan fingerprint density at radius 1 is 1.40 bits per heavy atom. The second kappa shape index (κ2) is 4.44. The molecule has 3 heteroatoms. The van der Waals surface area contributed by atoms with Crippen molar-refractivity contribution < 1.29 is 15.3 Å². The van der Waals surface area contributed by atoms with Crippen LogP contribution >= 0.6 is 0 Å². The van der Waals surface area contributed by atoms with Gasteiger partial charge < -0.3 is 15.3 Å². The third-order valence-corrected chi connectivity index (χ3v) is 1.31. The molecular weight excluding hydrogens is 132 g/mol. The molecule has 0 saturated carbocycles. The molecule has 0 aliphatic heterocycles. The van der Waals surface area contributed by atoms with E-state index in [2.05, 4.69) is 6.58 Å². The Morgan fingerprint density at radius 2 is 1.90 bits per heavy atom. The minimum Gasteiger partial charge on any atom is -0.391 e. The first-order chi connectivity index (χ1) is 4.57. The van der Waals surface area contributed by atoms with Crippen LogP contribution in [0.3, 0.4) is 0 Å². The van der Waals surface area contributed by atoms with E-state index in [1.807, 2.05) is 0 Å². The number of rotatable bonds is 4. The first-order valence-corrected chi connectivity index (χ1v) is 3.24. The molecule has 3 nitrogen and oxygen atoms in total. The zero-order valence-corrected chi connectivity index (χ0v) is 6.07. The molecule has 0 aliphatic carbocycles. The molecule has 0 bridgehead atoms. The van der Waals surface area contributed by atoms with Crippen LogP contribution in [0, 0.1) is 0 Å². The molecule has 0 aromatic carbocycles. The third kappa shape index (κ3) is 3.61. The van der Waals surface area contributed by atoms with Gasteiger partial charge in [0.1, 0.15) is 0 Å². The third-order valence-electron chi connectivity index (χ3n) is 1.31. The van der Waals surface area contributed by atoms with Crippen LogP contribution in [0.25, 0.3) is 0 Å². The maximum Gasteiger partial charge on any atom is 0.0824 e. The van der Waals surface area contributed by atoms with Gasteiger partial charge >= 0.3 is 0 Å². The van der Waals surface area contributed by atoms with Gasteiger partial charge in [0.2, 0.25) is 0 Å². The smallest absolute Gasteiger partial charge is 0.0824 e. The molecule has 0 fully saturated rings. The van der Waals surface area contributed by atoms with Crippen molar-refractivity contribution in [2.45, 2.75) is 31.7 Å². The lowest BCUT2D eigenvalue weighted by atomic mass is 10.1. The van der Waals surface area contributed by atoms with E-state index in [9.17, 15) is 0 Å². The maximum absolute atomic E-state index is 8.97. The van der Waals surface area contributed by atoms with Crippen LogP contribution in [0.1, 0.15) is 13.3 Å². The first-order valence-electron chi connectivity index (χ1n) is 3.24. The molecule has 0 aromatic rings. The highest BCUT2D eigenvalue weighted by molar-refractivity contribution is 4.81. The summed E-state index contributed by atoms with van der Waals surface area (Å²) in [6, 6.07) is 0. The Hall–Kier alpha value is -0.380. The number of aliphatic hydroxyl groups excluding tert-OH is 3. The van der Waals surface area contributed by atoms with Gasteiger partial charge in [0.05, 0.1) is 18.3 Å². The summed E-state index contributed by atoms with van der Waals surface area (Å²) in [6.45, 7) is 4.80. The van der Waals surface area contributed by atoms with E-state index in [1.54, 1.807) is 0 Å². The van der Waals surface area contributed by atoms with Crippen LogP contribution < -0.4 is 0 Å². The average molecular weight is 146 g/mol. The summed E-state index contributed by atoms with van der Waals surface area (Å²) >= 11 is 0. The number of aliphatic hydroxyl groups is 3. The fourth-order valence-electron chi connectivity index (χ4n) is 0.541. The van der Waals surface area contributed by atoms with E-state index in [0.29, 0.717) is 0 Å². The summed E-state index contributed by atoms with van der Waals surface area (Å²) < 4.78 is 0. The van der Waals surface area contributed by atoms with Crippen molar-refractivity contribution >= 4 is 0 Å². The van der Waals surface area contributed by atoms with Gasteiger partial charge in [0.25, 0.3) is 0 Å². The Balaban J connectivity index is 3.56. The lowest BCUT2D eigenvalue weighted by molar-refractivity contribution is 0.00578. The van der Waals surface area contributed by atoms with E-state index in [-0.39, 0.29) is 6.42 Å². The first kappa shape index (κ1) is 9.62. The summed E-state index contributed by atoms with van der Waals surface area (Å²) in [5.74, 6) is 0. The molecular formula is C7H14O3. The van der Waals surface area contributed by atoms with E-state index in [1.165, 1.54) is 13.0 Å². The molecule has 3 atom stereocenters. The molecule has 0 unspecified atom stereocenters. The molecule has 0 aliphatic rings. The molecule has 10 heavy (non-hydrogen) atoms. The van der Waals surface area contributed by atoms with Crippen molar-refractivity contribution in [3.8, 4) is 0 Å². The van der Waals surface area contributed by atoms with E-state index >= 15 is 0 Å². The van der Waals surface area contributed by atoms with Gasteiger partial charge in [-0.25, -0.2) is 0 Å². The van der Waals surface area contributed by atoms with Gasteiger partial charge in [-0.3, -0.25) is 0 Å². The van der Waals surface area contributed by atoms with Gasteiger partial charge in [-0.05, 0) is 6.92 Å². The molecule has 0 aromatic heterocycles. The van der Waals surface area contributed by atoms with Crippen molar-refractivity contribution in [2.75, 3.05) is 0 Å². The Bertz CT molecular complexity index is 101. The van der Waals surface area contributed by atoms with Crippen LogP contribution in [-0.2, 0) is 0 Å². The van der Waals surface area contributed by atoms with Crippen LogP contribution in [0.2, 0.25) is 0 Å². The predicted molar refractivity (Wildman–Crippen MR) is 38.5 cm³/mol. The highest BCUT2D eigenvalue weighted by atomic mass is 16.3. The molecule has 0 rings (SSSR count). The van der Waals surface area contributed by atoms with Gasteiger partial charge in [0, 0.05) is 6.42 Å². The summed E-state index contributed by atoms with van der Waals surface area (Å²) in [4.78, 5) is 0. The highest BCUT2D eigenvalue weighted by Gasteiger charge is 2.13. The molecule has 3 N–H and O–H groups in total. The van der Waals surface area contributed by atoms with Crippen molar-refractivity contribution in [3.63, 3.8) is 0 Å². The fraction of sp³-hybridized carbons (Fsp3) is 0.714. The summed E-state index contributed by atoms with van der Waals surface area (Å²) in [6.07, 6.45) is -0.931. The zero-order valence-electron chi connectivity index (χ0n) is 6.07. The van der Waals surface area contributed by atoms with Crippen LogP contribution in [0.5, 0.6) is 0 Å². The van der Waals surface area contributed by atoms with E-state index in [0.717, 1.165) is 0 Å². The van der Waals surface area contributed by atoms with Gasteiger partial charge in [-0.15, -0.1) is 6.58 Å². The van der Waals surface area contributed by atoms with Crippen molar-refractivity contribution in [1.82, 2.24) is 0 Å². The highest BCUT2D eigenvalue weighted by Crippen LogP contribution is 2.02. The van der Waals surface area contributed by atoms with Crippen molar-refractivity contribution in [1.29, 1.82) is 0 Å². The van der Waals surface area contributed by atoms with Gasteiger partial charge in [0.15, 0.2) is 0 Å². The Kier molecular flexibility index (Phi) is 4.27. The topological polar surface area (TPSA) is 60.7 Å². The van der Waals surface area contributed by atoms with Crippen molar-refractivity contribution in [3.05, 3.63) is 12.7 Å². The zero-order chi connectivity index (χ0) is 8.15. The minimum absolute atomic E-state index is 0.140. The normalized spacial score (nSPS) is 19.6. The van der Waals surface area contributed by atoms with Crippen molar-refractivity contribution in [2.24, 2.45) is 0 Å².